The maximum absolute atomic E-state index is 13.5. The highest BCUT2D eigenvalue weighted by molar-refractivity contribution is 9.10. The summed E-state index contributed by atoms with van der Waals surface area (Å²) in [6.07, 6.45) is 1.39. The zero-order chi connectivity index (χ0) is 14.7. The molecule has 1 heterocycles. The second-order valence-corrected chi connectivity index (χ2v) is 5.19. The Balaban J connectivity index is 2.43. The third kappa shape index (κ3) is 2.92. The first-order valence-electron chi connectivity index (χ1n) is 5.75. The highest BCUT2D eigenvalue weighted by Gasteiger charge is 2.22. The molecular weight excluding hydrogens is 351 g/mol. The number of aromatic nitrogens is 2. The van der Waals surface area contributed by atoms with Crippen molar-refractivity contribution in [3.63, 3.8) is 0 Å². The first-order valence-corrected chi connectivity index (χ1v) is 6.92. The second kappa shape index (κ2) is 6.47. The molecule has 1 aromatic carbocycles. The van der Waals surface area contributed by atoms with E-state index in [9.17, 15) is 9.18 Å². The molecule has 7 heteroatoms. The average Bonchev–Trinajstić information content (AvgIpc) is 2.80. The molecule has 0 bridgehead atoms. The van der Waals surface area contributed by atoms with Crippen molar-refractivity contribution in [2.45, 2.75) is 6.54 Å². The van der Waals surface area contributed by atoms with E-state index < -0.39 is 11.6 Å². The number of nitrogens with zero attached hydrogens (tertiary/aromatic N) is 2. The molecule has 0 unspecified atom stereocenters. The predicted octanol–water partition coefficient (Wildman–Crippen LogP) is 3.32. The molecule has 0 amide bonds. The van der Waals surface area contributed by atoms with Crippen molar-refractivity contribution in [1.82, 2.24) is 9.78 Å². The number of rotatable bonds is 5. The van der Waals surface area contributed by atoms with Crippen LogP contribution in [0.25, 0.3) is 0 Å². The molecule has 0 spiro atoms. The number of halogens is 3. The van der Waals surface area contributed by atoms with Crippen molar-refractivity contribution in [2.75, 3.05) is 13.7 Å². The minimum atomic E-state index is -0.505. The number of methoxy groups -OCH3 is 1. The number of carbonyl (C=O) groups is 1. The lowest BCUT2D eigenvalue weighted by atomic mass is 10.1. The lowest BCUT2D eigenvalue weighted by Crippen LogP contribution is -2.15. The van der Waals surface area contributed by atoms with Gasteiger partial charge in [-0.25, -0.2) is 4.39 Å². The normalized spacial score (nSPS) is 10.8. The fourth-order valence-electron chi connectivity index (χ4n) is 1.74. The van der Waals surface area contributed by atoms with E-state index in [1.54, 1.807) is 7.11 Å². The fourth-order valence-corrected chi connectivity index (χ4v) is 2.41. The van der Waals surface area contributed by atoms with Gasteiger partial charge in [-0.3, -0.25) is 9.48 Å². The van der Waals surface area contributed by atoms with Gasteiger partial charge in [-0.2, -0.15) is 5.10 Å². The lowest BCUT2D eigenvalue weighted by molar-refractivity contribution is 0.102. The van der Waals surface area contributed by atoms with E-state index >= 15 is 0 Å². The summed E-state index contributed by atoms with van der Waals surface area (Å²) in [5.41, 5.74) is 0.418. The van der Waals surface area contributed by atoms with Crippen LogP contribution in [0, 0.1) is 5.82 Å². The van der Waals surface area contributed by atoms with Crippen LogP contribution in [0.15, 0.2) is 28.9 Å². The third-order valence-corrected chi connectivity index (χ3v) is 3.80. The Bertz CT molecular complexity index is 645. The molecule has 4 nitrogen and oxygen atoms in total. The Morgan fingerprint density at radius 1 is 1.55 bits per heavy atom. The number of hydrogen-bond acceptors (Lipinski definition) is 3. The maximum Gasteiger partial charge on any atom is 0.213 e. The van der Waals surface area contributed by atoms with Crippen LogP contribution in [0.4, 0.5) is 4.39 Å². The molecule has 0 aliphatic carbocycles. The predicted molar refractivity (Wildman–Crippen MR) is 76.6 cm³/mol. The summed E-state index contributed by atoms with van der Waals surface area (Å²) < 4.78 is 20.0. The van der Waals surface area contributed by atoms with E-state index in [4.69, 9.17) is 16.3 Å². The first kappa shape index (κ1) is 15.2. The standard InChI is InChI=1S/C13H11BrClFN2O2/c1-20-6-5-18-12(9(15)7-17-18)13(19)8-3-2-4-10(16)11(8)14/h2-4,7H,5-6H2,1H3. The quantitative estimate of drug-likeness (QED) is 0.768. The van der Waals surface area contributed by atoms with Crippen LogP contribution in [0.1, 0.15) is 16.1 Å². The van der Waals surface area contributed by atoms with Crippen molar-refractivity contribution in [3.05, 3.63) is 51.0 Å². The van der Waals surface area contributed by atoms with E-state index in [1.807, 2.05) is 0 Å². The molecule has 106 valence electrons. The number of hydrogen-bond donors (Lipinski definition) is 0. The molecule has 0 saturated carbocycles. The fraction of sp³-hybridized carbons (Fsp3) is 0.231. The van der Waals surface area contributed by atoms with Gasteiger partial charge in [0.05, 0.1) is 28.8 Å². The molecule has 0 fully saturated rings. The summed E-state index contributed by atoms with van der Waals surface area (Å²) in [5.74, 6) is -0.898. The van der Waals surface area contributed by atoms with Crippen LogP contribution < -0.4 is 0 Å². The zero-order valence-electron chi connectivity index (χ0n) is 10.6. The molecule has 20 heavy (non-hydrogen) atoms. The van der Waals surface area contributed by atoms with Gasteiger partial charge in [-0.05, 0) is 28.1 Å². The molecule has 0 aliphatic heterocycles. The monoisotopic (exact) mass is 360 g/mol. The van der Waals surface area contributed by atoms with Gasteiger partial charge in [-0.1, -0.05) is 17.7 Å². The summed E-state index contributed by atoms with van der Waals surface area (Å²) in [5, 5.41) is 4.25. The molecule has 0 N–H and O–H groups in total. The molecular formula is C13H11BrClFN2O2. The Labute approximate surface area is 128 Å². The Kier molecular flexibility index (Phi) is 4.91. The largest absolute Gasteiger partial charge is 0.383 e. The van der Waals surface area contributed by atoms with Gasteiger partial charge in [0.15, 0.2) is 0 Å². The van der Waals surface area contributed by atoms with Gasteiger partial charge < -0.3 is 4.74 Å². The van der Waals surface area contributed by atoms with E-state index in [0.717, 1.165) is 0 Å². The van der Waals surface area contributed by atoms with Crippen molar-refractivity contribution >= 4 is 33.3 Å². The van der Waals surface area contributed by atoms with Crippen LogP contribution in [-0.2, 0) is 11.3 Å². The first-order chi connectivity index (χ1) is 9.56. The van der Waals surface area contributed by atoms with Crippen LogP contribution >= 0.6 is 27.5 Å². The van der Waals surface area contributed by atoms with Gasteiger partial charge in [0, 0.05) is 12.7 Å². The van der Waals surface area contributed by atoms with Crippen molar-refractivity contribution < 1.29 is 13.9 Å². The lowest BCUT2D eigenvalue weighted by Gasteiger charge is -2.08. The number of ether oxygens (including phenoxy) is 1. The highest BCUT2D eigenvalue weighted by Crippen LogP contribution is 2.26. The van der Waals surface area contributed by atoms with Crippen LogP contribution in [-0.4, -0.2) is 29.3 Å². The van der Waals surface area contributed by atoms with Crippen molar-refractivity contribution in [2.24, 2.45) is 0 Å². The third-order valence-electron chi connectivity index (χ3n) is 2.71. The molecule has 0 aliphatic rings. The van der Waals surface area contributed by atoms with Gasteiger partial charge >= 0.3 is 0 Å². The number of benzene rings is 1. The number of ketones is 1. The Hall–Kier alpha value is -1.24. The molecule has 0 saturated heterocycles. The summed E-state index contributed by atoms with van der Waals surface area (Å²) in [6, 6.07) is 4.27. The SMILES string of the molecule is COCCn1ncc(Cl)c1C(=O)c1cccc(F)c1Br. The van der Waals surface area contributed by atoms with Crippen molar-refractivity contribution in [1.29, 1.82) is 0 Å². The van der Waals surface area contributed by atoms with E-state index in [2.05, 4.69) is 21.0 Å². The summed E-state index contributed by atoms with van der Waals surface area (Å²) in [7, 11) is 1.55. The minimum Gasteiger partial charge on any atom is -0.383 e. The molecule has 1 aromatic heterocycles. The smallest absolute Gasteiger partial charge is 0.213 e. The van der Waals surface area contributed by atoms with E-state index in [1.165, 1.54) is 29.1 Å². The van der Waals surface area contributed by atoms with Crippen LogP contribution in [0.2, 0.25) is 5.02 Å². The average molecular weight is 362 g/mol. The maximum atomic E-state index is 13.5. The Morgan fingerprint density at radius 2 is 2.30 bits per heavy atom. The van der Waals surface area contributed by atoms with E-state index in [0.29, 0.717) is 13.2 Å². The van der Waals surface area contributed by atoms with E-state index in [-0.39, 0.29) is 20.8 Å². The number of carbonyl (C=O) groups excluding carboxylic acids is 1. The Morgan fingerprint density at radius 3 is 3.00 bits per heavy atom. The summed E-state index contributed by atoms with van der Waals surface area (Å²) >= 11 is 9.08. The molecule has 2 aromatic rings. The van der Waals surface area contributed by atoms with Crippen LogP contribution in [0.5, 0.6) is 0 Å². The van der Waals surface area contributed by atoms with Gasteiger partial charge in [-0.15, -0.1) is 0 Å². The highest BCUT2D eigenvalue weighted by atomic mass is 79.9. The molecule has 0 radical (unpaired) electrons. The molecule has 0 atom stereocenters. The van der Waals surface area contributed by atoms with Gasteiger partial charge in [0.25, 0.3) is 0 Å². The molecule has 2 rings (SSSR count). The summed E-state index contributed by atoms with van der Waals surface area (Å²) in [6.45, 7) is 0.778. The second-order valence-electron chi connectivity index (χ2n) is 3.99. The topological polar surface area (TPSA) is 44.1 Å². The minimum absolute atomic E-state index is 0.112. The zero-order valence-corrected chi connectivity index (χ0v) is 12.9. The van der Waals surface area contributed by atoms with Crippen LogP contribution in [0.3, 0.4) is 0 Å². The van der Waals surface area contributed by atoms with Gasteiger partial charge in [0.2, 0.25) is 5.78 Å². The van der Waals surface area contributed by atoms with Crippen molar-refractivity contribution in [3.8, 4) is 0 Å². The summed E-state index contributed by atoms with van der Waals surface area (Å²) in [4.78, 5) is 12.5. The van der Waals surface area contributed by atoms with Gasteiger partial charge in [0.1, 0.15) is 11.5 Å².